The van der Waals surface area contributed by atoms with E-state index in [4.69, 9.17) is 0 Å². The molecule has 3 heterocycles. The van der Waals surface area contributed by atoms with Crippen LogP contribution in [0, 0.1) is 6.92 Å². The highest BCUT2D eigenvalue weighted by atomic mass is 16.2. The number of carbonyl (C=O) groups is 1. The molecular weight excluding hydrogens is 288 g/mol. The van der Waals surface area contributed by atoms with Gasteiger partial charge in [-0.1, -0.05) is 18.2 Å². The minimum atomic E-state index is 0.203. The summed E-state index contributed by atoms with van der Waals surface area (Å²) in [5.74, 6) is 0.582. The second-order valence-electron chi connectivity index (χ2n) is 6.33. The number of aryl methyl sites for hydroxylation is 1. The van der Waals surface area contributed by atoms with Crippen molar-refractivity contribution in [1.82, 2.24) is 20.1 Å². The second kappa shape index (κ2) is 5.57. The van der Waals surface area contributed by atoms with Crippen LogP contribution in [-0.2, 0) is 11.2 Å². The zero-order valence-corrected chi connectivity index (χ0v) is 13.2. The second-order valence-corrected chi connectivity index (χ2v) is 6.33. The molecular formula is C18H20N4O. The Morgan fingerprint density at radius 2 is 2.26 bits per heavy atom. The summed E-state index contributed by atoms with van der Waals surface area (Å²) in [4.78, 5) is 17.9. The van der Waals surface area contributed by atoms with E-state index >= 15 is 0 Å². The van der Waals surface area contributed by atoms with Crippen LogP contribution in [-0.4, -0.2) is 39.1 Å². The van der Waals surface area contributed by atoms with Crippen molar-refractivity contribution >= 4 is 16.8 Å². The van der Waals surface area contributed by atoms with Crippen LogP contribution in [0.1, 0.15) is 29.2 Å². The number of nitrogens with one attached hydrogen (secondary N) is 2. The molecule has 1 unspecified atom stereocenters. The van der Waals surface area contributed by atoms with Crippen LogP contribution in [0.3, 0.4) is 0 Å². The lowest BCUT2D eigenvalue weighted by Crippen LogP contribution is -2.29. The normalized spacial score (nSPS) is 18.0. The van der Waals surface area contributed by atoms with Crippen molar-refractivity contribution < 1.29 is 4.79 Å². The maximum absolute atomic E-state index is 12.6. The molecule has 0 bridgehead atoms. The highest BCUT2D eigenvalue weighted by Gasteiger charge is 2.29. The largest absolute Gasteiger partial charge is 0.361 e. The van der Waals surface area contributed by atoms with Crippen molar-refractivity contribution in [1.29, 1.82) is 0 Å². The van der Waals surface area contributed by atoms with Crippen LogP contribution >= 0.6 is 0 Å². The van der Waals surface area contributed by atoms with Crippen molar-refractivity contribution in [2.24, 2.45) is 0 Å². The number of hydrogen-bond donors (Lipinski definition) is 2. The third-order valence-electron chi connectivity index (χ3n) is 4.83. The first kappa shape index (κ1) is 14.1. The van der Waals surface area contributed by atoms with Gasteiger partial charge in [0.2, 0.25) is 5.91 Å². The average molecular weight is 308 g/mol. The lowest BCUT2D eigenvalue weighted by atomic mass is 10.0. The van der Waals surface area contributed by atoms with E-state index in [2.05, 4.69) is 28.2 Å². The van der Waals surface area contributed by atoms with Gasteiger partial charge in [-0.3, -0.25) is 9.89 Å². The summed E-state index contributed by atoms with van der Waals surface area (Å²) in [7, 11) is 0. The third kappa shape index (κ3) is 2.52. The van der Waals surface area contributed by atoms with Crippen molar-refractivity contribution in [3.05, 3.63) is 53.5 Å². The summed E-state index contributed by atoms with van der Waals surface area (Å²) < 4.78 is 0. The number of likely N-dealkylation sites (tertiary alicyclic amines) is 1. The lowest BCUT2D eigenvalue weighted by molar-refractivity contribution is -0.129. The Balaban J connectivity index is 1.47. The molecule has 0 saturated carbocycles. The monoisotopic (exact) mass is 308 g/mol. The van der Waals surface area contributed by atoms with Crippen LogP contribution in [0.25, 0.3) is 10.9 Å². The van der Waals surface area contributed by atoms with Gasteiger partial charge in [0, 0.05) is 41.8 Å². The quantitative estimate of drug-likeness (QED) is 0.781. The van der Waals surface area contributed by atoms with Gasteiger partial charge in [-0.15, -0.1) is 0 Å². The molecule has 5 nitrogen and oxygen atoms in total. The molecule has 1 aliphatic heterocycles. The smallest absolute Gasteiger partial charge is 0.227 e. The number of aromatic nitrogens is 3. The fourth-order valence-corrected chi connectivity index (χ4v) is 3.54. The van der Waals surface area contributed by atoms with Gasteiger partial charge in [0.05, 0.1) is 12.6 Å². The molecule has 1 aliphatic rings. The van der Waals surface area contributed by atoms with E-state index in [9.17, 15) is 4.79 Å². The maximum Gasteiger partial charge on any atom is 0.227 e. The molecule has 1 aromatic carbocycles. The Morgan fingerprint density at radius 1 is 1.39 bits per heavy atom. The highest BCUT2D eigenvalue weighted by molar-refractivity contribution is 5.89. The van der Waals surface area contributed by atoms with Gasteiger partial charge in [-0.05, 0) is 30.5 Å². The predicted octanol–water partition coefficient (Wildman–Crippen LogP) is 2.76. The number of para-hydroxylation sites is 1. The Kier molecular flexibility index (Phi) is 3.41. The van der Waals surface area contributed by atoms with Crippen LogP contribution < -0.4 is 0 Å². The number of rotatable bonds is 3. The first-order chi connectivity index (χ1) is 11.2. The Morgan fingerprint density at radius 3 is 3.09 bits per heavy atom. The molecule has 0 radical (unpaired) electrons. The number of fused-ring (bicyclic) bond motifs is 1. The number of nitrogens with zero attached hydrogens (tertiary/aromatic N) is 2. The zero-order valence-electron chi connectivity index (χ0n) is 13.2. The van der Waals surface area contributed by atoms with E-state index in [1.165, 1.54) is 11.3 Å². The summed E-state index contributed by atoms with van der Waals surface area (Å²) in [6.07, 6.45) is 5.27. The lowest BCUT2D eigenvalue weighted by Gasteiger charge is -2.16. The molecule has 1 saturated heterocycles. The van der Waals surface area contributed by atoms with Gasteiger partial charge in [-0.25, -0.2) is 0 Å². The Hall–Kier alpha value is -2.56. The van der Waals surface area contributed by atoms with Crippen LogP contribution in [0.2, 0.25) is 0 Å². The zero-order chi connectivity index (χ0) is 15.8. The topological polar surface area (TPSA) is 64.8 Å². The summed E-state index contributed by atoms with van der Waals surface area (Å²) in [5.41, 5.74) is 4.52. The minimum Gasteiger partial charge on any atom is -0.361 e. The number of carbonyl (C=O) groups excluding carboxylic acids is 1. The van der Waals surface area contributed by atoms with Crippen molar-refractivity contribution in [3.63, 3.8) is 0 Å². The predicted molar refractivity (Wildman–Crippen MR) is 89.3 cm³/mol. The number of hydrogen-bond acceptors (Lipinski definition) is 2. The fraction of sp³-hybridized carbons (Fsp3) is 0.333. The van der Waals surface area contributed by atoms with E-state index in [-0.39, 0.29) is 5.91 Å². The van der Waals surface area contributed by atoms with Gasteiger partial charge in [0.25, 0.3) is 0 Å². The third-order valence-corrected chi connectivity index (χ3v) is 4.83. The summed E-state index contributed by atoms with van der Waals surface area (Å²) >= 11 is 0. The number of amides is 1. The molecule has 5 heteroatoms. The molecule has 2 N–H and O–H groups in total. The first-order valence-electron chi connectivity index (χ1n) is 8.05. The molecule has 2 aromatic heterocycles. The van der Waals surface area contributed by atoms with Crippen molar-refractivity contribution in [2.75, 3.05) is 13.1 Å². The van der Waals surface area contributed by atoms with Gasteiger partial charge in [0.1, 0.15) is 0 Å². The molecule has 23 heavy (non-hydrogen) atoms. The molecule has 1 fully saturated rings. The molecule has 0 aliphatic carbocycles. The summed E-state index contributed by atoms with van der Waals surface area (Å²) in [6, 6.07) is 8.12. The molecule has 1 amide bonds. The highest BCUT2D eigenvalue weighted by Crippen LogP contribution is 2.28. The Labute approximate surface area is 134 Å². The molecule has 1 atom stereocenters. The van der Waals surface area contributed by atoms with Crippen LogP contribution in [0.15, 0.2) is 36.7 Å². The van der Waals surface area contributed by atoms with Gasteiger partial charge < -0.3 is 9.88 Å². The average Bonchev–Trinajstić information content (AvgIpc) is 3.27. The summed E-state index contributed by atoms with van der Waals surface area (Å²) in [6.45, 7) is 3.67. The Bertz CT molecular complexity index is 847. The molecule has 3 aromatic rings. The minimum absolute atomic E-state index is 0.203. The van der Waals surface area contributed by atoms with E-state index in [1.54, 1.807) is 0 Å². The van der Waals surface area contributed by atoms with Crippen LogP contribution in [0.4, 0.5) is 0 Å². The fourth-order valence-electron chi connectivity index (χ4n) is 3.54. The van der Waals surface area contributed by atoms with E-state index < -0.39 is 0 Å². The van der Waals surface area contributed by atoms with Gasteiger partial charge in [0.15, 0.2) is 0 Å². The summed E-state index contributed by atoms with van der Waals surface area (Å²) in [5, 5.41) is 8.32. The SMILES string of the molecule is Cc1cn[nH]c1C1CCN(C(=O)Cc2c[nH]c3ccccc23)C1. The molecule has 4 rings (SSSR count). The van der Waals surface area contributed by atoms with Crippen molar-refractivity contribution in [3.8, 4) is 0 Å². The maximum atomic E-state index is 12.6. The number of H-pyrrole nitrogens is 2. The van der Waals surface area contributed by atoms with E-state index in [0.29, 0.717) is 12.3 Å². The van der Waals surface area contributed by atoms with E-state index in [1.807, 2.05) is 35.5 Å². The van der Waals surface area contributed by atoms with Crippen molar-refractivity contribution in [2.45, 2.75) is 25.7 Å². The standard InChI is InChI=1S/C18H20N4O/c1-12-9-20-21-18(12)13-6-7-22(11-13)17(23)8-14-10-19-16-5-3-2-4-15(14)16/h2-5,9-10,13,19H,6-8,11H2,1H3,(H,20,21). The van der Waals surface area contributed by atoms with Gasteiger partial charge in [-0.2, -0.15) is 5.10 Å². The van der Waals surface area contributed by atoms with E-state index in [0.717, 1.165) is 36.0 Å². The molecule has 118 valence electrons. The first-order valence-corrected chi connectivity index (χ1v) is 8.05. The van der Waals surface area contributed by atoms with Gasteiger partial charge >= 0.3 is 0 Å². The number of aromatic amines is 2. The van der Waals surface area contributed by atoms with Crippen LogP contribution in [0.5, 0.6) is 0 Å². The number of benzene rings is 1. The molecule has 0 spiro atoms.